The molecule has 0 saturated heterocycles. The van der Waals surface area contributed by atoms with Gasteiger partial charge >= 0.3 is 5.97 Å². The zero-order chi connectivity index (χ0) is 24.2. The molecule has 9 nitrogen and oxygen atoms in total. The van der Waals surface area contributed by atoms with E-state index in [0.29, 0.717) is 11.0 Å². The van der Waals surface area contributed by atoms with E-state index in [9.17, 15) is 23.6 Å². The van der Waals surface area contributed by atoms with Crippen LogP contribution in [-0.4, -0.2) is 42.1 Å². The standard InChI is InChI=1S/C22H21ClN4O5S/c1-13(2)20(27-33(30,31)15-7-5-6-14(23)10-15)22(29)32-12-19(28)16(11-24)21-25-17-8-3-4-9-18(17)26-21/h3-10,13,20,27-28H,12H2,1-2H3,(H,25,26). The molecule has 2 aromatic carbocycles. The molecule has 0 radical (unpaired) electrons. The SMILES string of the molecule is CC(C)C(NS(=O)(=O)c1cccc(Cl)c1)C(=O)OCC(O)=C(C#N)c1nc2ccccc2[nH]1. The molecule has 0 saturated carbocycles. The van der Waals surface area contributed by atoms with Crippen molar-refractivity contribution in [1.82, 2.24) is 14.7 Å². The molecule has 1 heterocycles. The molecule has 0 aliphatic rings. The van der Waals surface area contributed by atoms with Gasteiger partial charge in [-0.3, -0.25) is 4.79 Å². The summed E-state index contributed by atoms with van der Waals surface area (Å²) < 4.78 is 32.8. The first-order valence-electron chi connectivity index (χ1n) is 9.84. The van der Waals surface area contributed by atoms with Gasteiger partial charge in [0.2, 0.25) is 10.0 Å². The topological polar surface area (TPSA) is 145 Å². The first kappa shape index (κ1) is 24.3. The lowest BCUT2D eigenvalue weighted by atomic mass is 10.1. The Morgan fingerprint density at radius 1 is 1.27 bits per heavy atom. The number of esters is 1. The Bertz CT molecular complexity index is 1330. The molecular weight excluding hydrogens is 468 g/mol. The van der Waals surface area contributed by atoms with Crippen LogP contribution in [0.25, 0.3) is 16.6 Å². The molecular formula is C22H21ClN4O5S. The number of hydrogen-bond acceptors (Lipinski definition) is 7. The number of carbonyl (C=O) groups excluding carboxylic acids is 1. The molecule has 0 aliphatic carbocycles. The number of para-hydroxylation sites is 2. The summed E-state index contributed by atoms with van der Waals surface area (Å²) in [5, 5.41) is 20.1. The predicted molar refractivity (Wildman–Crippen MR) is 123 cm³/mol. The molecule has 33 heavy (non-hydrogen) atoms. The third kappa shape index (κ3) is 5.70. The van der Waals surface area contributed by atoms with Gasteiger partial charge in [0.25, 0.3) is 0 Å². The number of aliphatic hydroxyl groups excluding tert-OH is 1. The van der Waals surface area contributed by atoms with Crippen molar-refractivity contribution in [3.8, 4) is 6.07 Å². The molecule has 0 fully saturated rings. The van der Waals surface area contributed by atoms with Gasteiger partial charge < -0.3 is 14.8 Å². The number of aromatic nitrogens is 2. The Labute approximate surface area is 195 Å². The average molecular weight is 489 g/mol. The van der Waals surface area contributed by atoms with Crippen LogP contribution in [0.3, 0.4) is 0 Å². The van der Waals surface area contributed by atoms with E-state index >= 15 is 0 Å². The number of allylic oxidation sites excluding steroid dienone is 1. The first-order valence-corrected chi connectivity index (χ1v) is 11.7. The molecule has 11 heteroatoms. The van der Waals surface area contributed by atoms with Gasteiger partial charge in [-0.2, -0.15) is 9.98 Å². The maximum Gasteiger partial charge on any atom is 0.324 e. The maximum atomic E-state index is 12.7. The van der Waals surface area contributed by atoms with Crippen LogP contribution in [0.15, 0.2) is 59.2 Å². The van der Waals surface area contributed by atoms with Crippen molar-refractivity contribution in [2.75, 3.05) is 6.61 Å². The monoisotopic (exact) mass is 488 g/mol. The quantitative estimate of drug-likeness (QED) is 0.249. The minimum absolute atomic E-state index is 0.104. The van der Waals surface area contributed by atoms with Gasteiger partial charge in [0.05, 0.1) is 15.9 Å². The summed E-state index contributed by atoms with van der Waals surface area (Å²) in [6.45, 7) is 2.63. The van der Waals surface area contributed by atoms with Gasteiger partial charge in [-0.05, 0) is 36.2 Å². The van der Waals surface area contributed by atoms with Gasteiger partial charge in [0.1, 0.15) is 24.3 Å². The van der Waals surface area contributed by atoms with Crippen LogP contribution >= 0.6 is 11.6 Å². The number of fused-ring (bicyclic) bond motifs is 1. The lowest BCUT2D eigenvalue weighted by Crippen LogP contribution is -2.45. The summed E-state index contributed by atoms with van der Waals surface area (Å²) in [5.41, 5.74) is 1.07. The Morgan fingerprint density at radius 3 is 2.64 bits per heavy atom. The van der Waals surface area contributed by atoms with E-state index in [1.165, 1.54) is 24.3 Å². The number of imidazole rings is 1. The summed E-state index contributed by atoms with van der Waals surface area (Å²) in [5.74, 6) is -1.79. The van der Waals surface area contributed by atoms with E-state index in [1.54, 1.807) is 38.1 Å². The molecule has 3 rings (SSSR count). The number of aromatic amines is 1. The van der Waals surface area contributed by atoms with Crippen molar-refractivity contribution in [2.24, 2.45) is 5.92 Å². The largest absolute Gasteiger partial charge is 0.507 e. The van der Waals surface area contributed by atoms with Crippen LogP contribution in [0.4, 0.5) is 0 Å². The van der Waals surface area contributed by atoms with E-state index in [0.717, 1.165) is 0 Å². The Morgan fingerprint density at radius 2 is 2.00 bits per heavy atom. The fraction of sp³-hybridized carbons (Fsp3) is 0.227. The van der Waals surface area contributed by atoms with Crippen molar-refractivity contribution >= 4 is 44.2 Å². The van der Waals surface area contributed by atoms with E-state index < -0.39 is 40.3 Å². The second kappa shape index (κ2) is 10.0. The normalized spacial score (nSPS) is 13.4. The predicted octanol–water partition coefficient (Wildman–Crippen LogP) is 3.56. The number of nitriles is 1. The number of benzene rings is 2. The number of H-pyrrole nitrogens is 1. The van der Waals surface area contributed by atoms with Crippen LogP contribution in [0, 0.1) is 17.2 Å². The molecule has 1 atom stereocenters. The van der Waals surface area contributed by atoms with Gasteiger partial charge in [-0.1, -0.05) is 43.6 Å². The zero-order valence-electron chi connectivity index (χ0n) is 17.7. The maximum absolute atomic E-state index is 12.7. The van der Waals surface area contributed by atoms with Gasteiger partial charge in [0.15, 0.2) is 11.6 Å². The third-order valence-electron chi connectivity index (χ3n) is 4.69. The minimum Gasteiger partial charge on any atom is -0.507 e. The van der Waals surface area contributed by atoms with E-state index in [1.807, 2.05) is 6.07 Å². The van der Waals surface area contributed by atoms with E-state index in [2.05, 4.69) is 14.7 Å². The number of sulfonamides is 1. The van der Waals surface area contributed by atoms with Gasteiger partial charge in [-0.15, -0.1) is 0 Å². The highest BCUT2D eigenvalue weighted by atomic mass is 35.5. The fourth-order valence-electron chi connectivity index (χ4n) is 2.95. The highest BCUT2D eigenvalue weighted by Crippen LogP contribution is 2.20. The second-order valence-electron chi connectivity index (χ2n) is 7.44. The van der Waals surface area contributed by atoms with Crippen molar-refractivity contribution in [3.05, 3.63) is 65.1 Å². The molecule has 1 unspecified atom stereocenters. The number of ether oxygens (including phenoxy) is 1. The molecule has 1 aromatic heterocycles. The number of aliphatic hydroxyl groups is 1. The van der Waals surface area contributed by atoms with Crippen LogP contribution in [0.1, 0.15) is 19.7 Å². The second-order valence-corrected chi connectivity index (χ2v) is 9.59. The molecule has 172 valence electrons. The zero-order valence-corrected chi connectivity index (χ0v) is 19.3. The summed E-state index contributed by atoms with van der Waals surface area (Å²) in [6.07, 6.45) is 0. The fourth-order valence-corrected chi connectivity index (χ4v) is 4.59. The number of nitrogens with zero attached hydrogens (tertiary/aromatic N) is 2. The first-order chi connectivity index (χ1) is 15.6. The summed E-state index contributed by atoms with van der Waals surface area (Å²) in [4.78, 5) is 19.7. The van der Waals surface area contributed by atoms with Gasteiger partial charge in [-0.25, -0.2) is 13.4 Å². The average Bonchev–Trinajstić information content (AvgIpc) is 3.20. The highest BCUT2D eigenvalue weighted by Gasteiger charge is 2.30. The van der Waals surface area contributed by atoms with Crippen molar-refractivity contribution < 1.29 is 23.1 Å². The summed E-state index contributed by atoms with van der Waals surface area (Å²) in [6, 6.07) is 13.3. The number of carbonyl (C=O) groups is 1. The van der Waals surface area contributed by atoms with Crippen LogP contribution < -0.4 is 4.72 Å². The molecule has 3 aromatic rings. The lowest BCUT2D eigenvalue weighted by molar-refractivity contribution is -0.146. The molecule has 0 spiro atoms. The smallest absolute Gasteiger partial charge is 0.324 e. The van der Waals surface area contributed by atoms with Crippen LogP contribution in [0.2, 0.25) is 5.02 Å². The third-order valence-corrected chi connectivity index (χ3v) is 6.36. The number of nitrogens with one attached hydrogen (secondary N) is 2. The van der Waals surface area contributed by atoms with Crippen LogP contribution in [0.5, 0.6) is 0 Å². The Kier molecular flexibility index (Phi) is 7.38. The lowest BCUT2D eigenvalue weighted by Gasteiger charge is -2.21. The van der Waals surface area contributed by atoms with Crippen molar-refractivity contribution in [1.29, 1.82) is 5.26 Å². The molecule has 0 amide bonds. The Balaban J connectivity index is 1.76. The molecule has 0 bridgehead atoms. The Hall–Kier alpha value is -3.39. The van der Waals surface area contributed by atoms with Gasteiger partial charge in [0, 0.05) is 5.02 Å². The van der Waals surface area contributed by atoms with Crippen molar-refractivity contribution in [2.45, 2.75) is 24.8 Å². The van der Waals surface area contributed by atoms with E-state index in [4.69, 9.17) is 16.3 Å². The van der Waals surface area contributed by atoms with Crippen LogP contribution in [-0.2, 0) is 19.6 Å². The van der Waals surface area contributed by atoms with Crippen molar-refractivity contribution in [3.63, 3.8) is 0 Å². The molecule has 3 N–H and O–H groups in total. The summed E-state index contributed by atoms with van der Waals surface area (Å²) >= 11 is 5.87. The number of hydrogen-bond donors (Lipinski definition) is 3. The van der Waals surface area contributed by atoms with E-state index in [-0.39, 0.29) is 21.3 Å². The highest BCUT2D eigenvalue weighted by molar-refractivity contribution is 7.89. The minimum atomic E-state index is -4.07. The number of rotatable bonds is 8. The molecule has 0 aliphatic heterocycles. The number of halogens is 1. The summed E-state index contributed by atoms with van der Waals surface area (Å²) in [7, 11) is -4.07.